The van der Waals surface area contributed by atoms with Crippen LogP contribution in [0.25, 0.3) is 0 Å². The molecule has 1 saturated heterocycles. The highest BCUT2D eigenvalue weighted by atomic mass is 19.1. The van der Waals surface area contributed by atoms with Crippen molar-refractivity contribution in [2.45, 2.75) is 56.7 Å². The van der Waals surface area contributed by atoms with Crippen LogP contribution in [-0.4, -0.2) is 40.2 Å². The van der Waals surface area contributed by atoms with Crippen LogP contribution in [0.5, 0.6) is 0 Å². The second-order valence-corrected chi connectivity index (χ2v) is 9.09. The number of halogens is 1. The summed E-state index contributed by atoms with van der Waals surface area (Å²) in [4.78, 5) is 42.3. The molecule has 0 spiro atoms. The minimum atomic E-state index is -1.33. The molecule has 2 fully saturated rings. The Kier molecular flexibility index (Phi) is 4.99. The molecule has 166 valence electrons. The van der Waals surface area contributed by atoms with E-state index in [2.05, 4.69) is 17.4 Å². The van der Waals surface area contributed by atoms with Gasteiger partial charge in [0.25, 0.3) is 5.91 Å². The van der Waals surface area contributed by atoms with E-state index in [1.54, 1.807) is 6.92 Å². The minimum Gasteiger partial charge on any atom is -0.331 e. The average molecular weight is 435 g/mol. The molecule has 2 aromatic carbocycles. The largest absolute Gasteiger partial charge is 0.331 e. The SMILES string of the molecule is CC1(c2ccc(F)cc2)NC(=O)N(CC(=O)N(C2CC2)C2CCCc3ccccc32)C1=O. The van der Waals surface area contributed by atoms with E-state index < -0.39 is 23.3 Å². The maximum Gasteiger partial charge on any atom is 0.325 e. The van der Waals surface area contributed by atoms with Crippen LogP contribution in [0.2, 0.25) is 0 Å². The fourth-order valence-corrected chi connectivity index (χ4v) is 5.04. The van der Waals surface area contributed by atoms with Gasteiger partial charge in [-0.3, -0.25) is 14.5 Å². The number of hydrogen-bond acceptors (Lipinski definition) is 3. The van der Waals surface area contributed by atoms with Crippen molar-refractivity contribution in [1.29, 1.82) is 0 Å². The van der Waals surface area contributed by atoms with E-state index in [4.69, 9.17) is 0 Å². The molecule has 6 nitrogen and oxygen atoms in total. The smallest absolute Gasteiger partial charge is 0.325 e. The van der Waals surface area contributed by atoms with Crippen molar-refractivity contribution in [1.82, 2.24) is 15.1 Å². The highest BCUT2D eigenvalue weighted by Gasteiger charge is 2.50. The Hall–Kier alpha value is -3.22. The molecule has 0 radical (unpaired) electrons. The molecule has 1 heterocycles. The maximum atomic E-state index is 13.5. The molecule has 1 aliphatic heterocycles. The summed E-state index contributed by atoms with van der Waals surface area (Å²) in [7, 11) is 0. The van der Waals surface area contributed by atoms with Crippen LogP contribution in [-0.2, 0) is 21.5 Å². The molecule has 1 N–H and O–H groups in total. The van der Waals surface area contributed by atoms with Crippen molar-refractivity contribution in [2.75, 3.05) is 6.54 Å². The van der Waals surface area contributed by atoms with E-state index in [0.29, 0.717) is 5.56 Å². The van der Waals surface area contributed by atoms with Crippen LogP contribution >= 0.6 is 0 Å². The fraction of sp³-hybridized carbons (Fsp3) is 0.400. The lowest BCUT2D eigenvalue weighted by atomic mass is 9.86. The van der Waals surface area contributed by atoms with Gasteiger partial charge in [-0.2, -0.15) is 0 Å². The standard InChI is InChI=1S/C25H26FN3O3/c1-25(17-9-11-18(26)12-10-17)23(31)28(24(32)27-25)15-22(30)29(19-13-14-19)21-8-4-6-16-5-2-3-7-20(16)21/h2-3,5,7,9-12,19,21H,4,6,8,13-15H2,1H3,(H,27,32). The number of carbonyl (C=O) groups is 3. The lowest BCUT2D eigenvalue weighted by molar-refractivity contribution is -0.141. The van der Waals surface area contributed by atoms with Gasteiger partial charge in [0.1, 0.15) is 17.9 Å². The number of amides is 4. The van der Waals surface area contributed by atoms with E-state index in [1.165, 1.54) is 35.4 Å². The van der Waals surface area contributed by atoms with E-state index >= 15 is 0 Å². The number of benzene rings is 2. The average Bonchev–Trinajstić information content (AvgIpc) is 3.59. The summed E-state index contributed by atoms with van der Waals surface area (Å²) in [6.07, 6.45) is 4.77. The van der Waals surface area contributed by atoms with E-state index in [-0.39, 0.29) is 24.5 Å². The van der Waals surface area contributed by atoms with Crippen LogP contribution in [0, 0.1) is 5.82 Å². The third-order valence-corrected chi connectivity index (χ3v) is 6.89. The van der Waals surface area contributed by atoms with Gasteiger partial charge in [0.15, 0.2) is 0 Å². The van der Waals surface area contributed by atoms with Gasteiger partial charge in [0, 0.05) is 6.04 Å². The predicted molar refractivity (Wildman–Crippen MR) is 116 cm³/mol. The molecule has 4 amide bonds. The second-order valence-electron chi connectivity index (χ2n) is 9.09. The van der Waals surface area contributed by atoms with Crippen molar-refractivity contribution in [3.63, 3.8) is 0 Å². The number of urea groups is 1. The summed E-state index contributed by atoms with van der Waals surface area (Å²) in [5.41, 5.74) is 1.59. The molecule has 1 saturated carbocycles. The van der Waals surface area contributed by atoms with Crippen LogP contribution in [0.15, 0.2) is 48.5 Å². The van der Waals surface area contributed by atoms with Crippen LogP contribution in [0.3, 0.4) is 0 Å². The lowest BCUT2D eigenvalue weighted by Crippen LogP contribution is -2.46. The summed E-state index contributed by atoms with van der Waals surface area (Å²) in [5, 5.41) is 2.69. The van der Waals surface area contributed by atoms with Crippen LogP contribution < -0.4 is 5.32 Å². The first kappa shape index (κ1) is 20.7. The molecule has 2 aromatic rings. The monoisotopic (exact) mass is 435 g/mol. The van der Waals surface area contributed by atoms with Crippen molar-refractivity contribution in [3.05, 3.63) is 71.0 Å². The number of carbonyl (C=O) groups excluding carboxylic acids is 3. The van der Waals surface area contributed by atoms with Gasteiger partial charge in [-0.1, -0.05) is 36.4 Å². The number of nitrogens with zero attached hydrogens (tertiary/aromatic N) is 2. The molecule has 0 aromatic heterocycles. The first-order valence-corrected chi connectivity index (χ1v) is 11.2. The lowest BCUT2D eigenvalue weighted by Gasteiger charge is -2.37. The maximum absolute atomic E-state index is 13.5. The predicted octanol–water partition coefficient (Wildman–Crippen LogP) is 3.66. The number of imide groups is 1. The van der Waals surface area contributed by atoms with Crippen molar-refractivity contribution < 1.29 is 18.8 Å². The number of aryl methyl sites for hydroxylation is 1. The number of rotatable bonds is 5. The minimum absolute atomic E-state index is 0.0239. The van der Waals surface area contributed by atoms with Gasteiger partial charge in [-0.05, 0) is 67.9 Å². The van der Waals surface area contributed by atoms with Gasteiger partial charge < -0.3 is 10.2 Å². The Morgan fingerprint density at radius 2 is 1.84 bits per heavy atom. The number of hydrogen-bond donors (Lipinski definition) is 1. The summed E-state index contributed by atoms with van der Waals surface area (Å²) >= 11 is 0. The van der Waals surface area contributed by atoms with Gasteiger partial charge in [-0.25, -0.2) is 9.18 Å². The Labute approximate surface area is 186 Å². The van der Waals surface area contributed by atoms with E-state index in [1.807, 2.05) is 17.0 Å². The third kappa shape index (κ3) is 3.45. The van der Waals surface area contributed by atoms with Crippen molar-refractivity contribution in [2.24, 2.45) is 0 Å². The molecule has 2 aliphatic carbocycles. The number of fused-ring (bicyclic) bond motifs is 1. The topological polar surface area (TPSA) is 69.7 Å². The van der Waals surface area contributed by atoms with Gasteiger partial charge in [0.2, 0.25) is 5.91 Å². The summed E-state index contributed by atoms with van der Waals surface area (Å²) in [6, 6.07) is 13.2. The fourth-order valence-electron chi connectivity index (χ4n) is 5.04. The summed E-state index contributed by atoms with van der Waals surface area (Å²) < 4.78 is 13.3. The first-order valence-electron chi connectivity index (χ1n) is 11.2. The van der Waals surface area contributed by atoms with Crippen molar-refractivity contribution >= 4 is 17.8 Å². The molecule has 0 bridgehead atoms. The molecule has 2 unspecified atom stereocenters. The van der Waals surface area contributed by atoms with Gasteiger partial charge in [-0.15, -0.1) is 0 Å². The van der Waals surface area contributed by atoms with E-state index in [0.717, 1.165) is 37.0 Å². The molecule has 3 aliphatic rings. The first-order chi connectivity index (χ1) is 15.4. The zero-order valence-corrected chi connectivity index (χ0v) is 18.0. The summed E-state index contributed by atoms with van der Waals surface area (Å²) in [5.74, 6) is -1.13. The number of nitrogens with one attached hydrogen (secondary N) is 1. The molecular formula is C25H26FN3O3. The normalized spacial score (nSPS) is 24.8. The molecular weight excluding hydrogens is 409 g/mol. The highest BCUT2D eigenvalue weighted by molar-refractivity contribution is 6.09. The molecule has 32 heavy (non-hydrogen) atoms. The Morgan fingerprint density at radius 3 is 2.56 bits per heavy atom. The molecule has 5 rings (SSSR count). The van der Waals surface area contributed by atoms with Crippen molar-refractivity contribution in [3.8, 4) is 0 Å². The van der Waals surface area contributed by atoms with Crippen LogP contribution in [0.1, 0.15) is 55.3 Å². The zero-order chi connectivity index (χ0) is 22.5. The second kappa shape index (κ2) is 7.73. The summed E-state index contributed by atoms with van der Waals surface area (Å²) in [6.45, 7) is 1.29. The van der Waals surface area contributed by atoms with E-state index in [9.17, 15) is 18.8 Å². The van der Waals surface area contributed by atoms with Gasteiger partial charge >= 0.3 is 6.03 Å². The molecule has 7 heteroatoms. The Bertz CT molecular complexity index is 1080. The van der Waals surface area contributed by atoms with Gasteiger partial charge in [0.05, 0.1) is 6.04 Å². The zero-order valence-electron chi connectivity index (χ0n) is 18.0. The Morgan fingerprint density at radius 1 is 1.12 bits per heavy atom. The Balaban J connectivity index is 1.38. The molecule has 2 atom stereocenters. The highest BCUT2D eigenvalue weighted by Crippen LogP contribution is 2.41. The third-order valence-electron chi connectivity index (χ3n) is 6.89. The van der Waals surface area contributed by atoms with Crippen LogP contribution in [0.4, 0.5) is 9.18 Å². The quantitative estimate of drug-likeness (QED) is 0.729.